The third kappa shape index (κ3) is 3.96. The molecule has 3 N–H and O–H groups in total. The van der Waals surface area contributed by atoms with E-state index in [0.717, 1.165) is 30.5 Å². The fraction of sp³-hybridized carbons (Fsp3) is 0.533. The van der Waals surface area contributed by atoms with Gasteiger partial charge >= 0.3 is 0 Å². The van der Waals surface area contributed by atoms with Crippen LogP contribution in [-0.2, 0) is 4.79 Å². The highest BCUT2D eigenvalue weighted by Crippen LogP contribution is 2.25. The molecular weight excluding hydrogens is 318 g/mol. The molecule has 2 atom stereocenters. The van der Waals surface area contributed by atoms with Crippen molar-refractivity contribution in [3.63, 3.8) is 0 Å². The van der Waals surface area contributed by atoms with Crippen molar-refractivity contribution in [1.82, 2.24) is 5.32 Å². The Kier molecular flexibility index (Phi) is 5.43. The zero-order valence-corrected chi connectivity index (χ0v) is 13.4. The second-order valence-electron chi connectivity index (χ2n) is 5.34. The first-order valence-electron chi connectivity index (χ1n) is 7.14. The van der Waals surface area contributed by atoms with Crippen LogP contribution in [0.25, 0.3) is 0 Å². The highest BCUT2D eigenvalue weighted by Gasteiger charge is 2.23. The predicted octanol–water partition coefficient (Wildman–Crippen LogP) is 2.13. The number of benzene rings is 1. The van der Waals surface area contributed by atoms with Crippen molar-refractivity contribution in [2.24, 2.45) is 11.7 Å². The maximum atomic E-state index is 11.7. The Labute approximate surface area is 128 Å². The Morgan fingerprint density at radius 2 is 2.40 bits per heavy atom. The summed E-state index contributed by atoms with van der Waals surface area (Å²) in [6.07, 6.45) is 1.79. The second-order valence-corrected chi connectivity index (χ2v) is 6.26. The molecule has 110 valence electrons. The molecule has 0 spiro atoms. The van der Waals surface area contributed by atoms with Crippen LogP contribution in [0.1, 0.15) is 19.8 Å². The number of carbonyl (C=O) groups is 1. The zero-order valence-electron chi connectivity index (χ0n) is 11.8. The van der Waals surface area contributed by atoms with E-state index in [-0.39, 0.29) is 11.9 Å². The molecule has 1 amide bonds. The molecule has 1 aromatic rings. The van der Waals surface area contributed by atoms with Gasteiger partial charge in [-0.05, 0) is 37.0 Å². The molecule has 0 aliphatic carbocycles. The number of nitrogens with zero attached hydrogens (tertiary/aromatic N) is 1. The van der Waals surface area contributed by atoms with E-state index < -0.39 is 0 Å². The van der Waals surface area contributed by atoms with E-state index in [4.69, 9.17) is 5.73 Å². The van der Waals surface area contributed by atoms with Gasteiger partial charge in [-0.15, -0.1) is 0 Å². The fourth-order valence-electron chi connectivity index (χ4n) is 2.47. The van der Waals surface area contributed by atoms with Crippen LogP contribution in [0.4, 0.5) is 5.69 Å². The molecule has 4 nitrogen and oxygen atoms in total. The monoisotopic (exact) mass is 339 g/mol. The van der Waals surface area contributed by atoms with Crippen molar-refractivity contribution < 1.29 is 4.79 Å². The molecule has 2 rings (SSSR count). The molecule has 1 heterocycles. The zero-order chi connectivity index (χ0) is 14.5. The number of amides is 1. The van der Waals surface area contributed by atoms with E-state index in [0.29, 0.717) is 12.3 Å². The van der Waals surface area contributed by atoms with Gasteiger partial charge in [-0.1, -0.05) is 28.9 Å². The Bertz CT molecular complexity index is 466. The van der Waals surface area contributed by atoms with Crippen LogP contribution in [0.5, 0.6) is 0 Å². The number of carbonyl (C=O) groups excluding carboxylic acids is 1. The Balaban J connectivity index is 1.82. The van der Waals surface area contributed by atoms with Crippen LogP contribution in [-0.4, -0.2) is 31.6 Å². The molecule has 1 fully saturated rings. The highest BCUT2D eigenvalue weighted by atomic mass is 79.9. The van der Waals surface area contributed by atoms with Crippen LogP contribution in [0, 0.1) is 5.92 Å². The van der Waals surface area contributed by atoms with Crippen LogP contribution < -0.4 is 16.0 Å². The molecule has 0 aromatic heterocycles. The lowest BCUT2D eigenvalue weighted by Gasteiger charge is -2.19. The second kappa shape index (κ2) is 7.09. The van der Waals surface area contributed by atoms with E-state index in [1.165, 1.54) is 5.69 Å². The molecule has 1 aliphatic rings. The van der Waals surface area contributed by atoms with Gasteiger partial charge in [0, 0.05) is 29.8 Å². The fourth-order valence-corrected chi connectivity index (χ4v) is 2.86. The molecule has 5 heteroatoms. The van der Waals surface area contributed by atoms with Crippen molar-refractivity contribution in [2.45, 2.75) is 25.8 Å². The largest absolute Gasteiger partial charge is 0.371 e. The smallest absolute Gasteiger partial charge is 0.236 e. The Morgan fingerprint density at radius 1 is 1.60 bits per heavy atom. The van der Waals surface area contributed by atoms with Crippen molar-refractivity contribution in [1.29, 1.82) is 0 Å². The molecule has 1 aliphatic heterocycles. The van der Waals surface area contributed by atoms with Crippen LogP contribution >= 0.6 is 15.9 Å². The quantitative estimate of drug-likeness (QED) is 0.863. The van der Waals surface area contributed by atoms with E-state index >= 15 is 0 Å². The van der Waals surface area contributed by atoms with Crippen LogP contribution in [0.2, 0.25) is 0 Å². The molecule has 0 radical (unpaired) electrons. The minimum Gasteiger partial charge on any atom is -0.371 e. The summed E-state index contributed by atoms with van der Waals surface area (Å²) < 4.78 is 1.10. The van der Waals surface area contributed by atoms with Crippen molar-refractivity contribution in [3.8, 4) is 0 Å². The molecule has 0 bridgehead atoms. The number of hydrogen-bond donors (Lipinski definition) is 2. The van der Waals surface area contributed by atoms with E-state index in [1.54, 1.807) is 0 Å². The van der Waals surface area contributed by atoms with Gasteiger partial charge in [-0.25, -0.2) is 0 Å². The van der Waals surface area contributed by atoms with E-state index in [2.05, 4.69) is 44.3 Å². The maximum absolute atomic E-state index is 11.7. The Morgan fingerprint density at radius 3 is 3.10 bits per heavy atom. The van der Waals surface area contributed by atoms with Crippen molar-refractivity contribution in [3.05, 3.63) is 28.7 Å². The lowest BCUT2D eigenvalue weighted by Crippen LogP contribution is -2.42. The molecule has 1 unspecified atom stereocenters. The van der Waals surface area contributed by atoms with Gasteiger partial charge in [0.05, 0.1) is 6.04 Å². The van der Waals surface area contributed by atoms with Gasteiger partial charge in [0.25, 0.3) is 0 Å². The summed E-state index contributed by atoms with van der Waals surface area (Å²) in [6, 6.07) is 7.96. The van der Waals surface area contributed by atoms with Gasteiger partial charge < -0.3 is 16.0 Å². The third-order valence-corrected chi connectivity index (χ3v) is 4.29. The van der Waals surface area contributed by atoms with Crippen LogP contribution in [0.3, 0.4) is 0 Å². The summed E-state index contributed by atoms with van der Waals surface area (Å²) in [5.41, 5.74) is 6.94. The van der Waals surface area contributed by atoms with Gasteiger partial charge in [-0.3, -0.25) is 4.79 Å². The number of nitrogens with one attached hydrogen (secondary N) is 1. The lowest BCUT2D eigenvalue weighted by molar-refractivity contribution is -0.122. The number of nitrogens with two attached hydrogens (primary N) is 1. The predicted molar refractivity (Wildman–Crippen MR) is 85.7 cm³/mol. The molecule has 1 saturated heterocycles. The average molecular weight is 340 g/mol. The first-order valence-corrected chi connectivity index (χ1v) is 7.93. The summed E-state index contributed by atoms with van der Waals surface area (Å²) in [7, 11) is 0. The molecule has 20 heavy (non-hydrogen) atoms. The van der Waals surface area contributed by atoms with Gasteiger partial charge in [-0.2, -0.15) is 0 Å². The lowest BCUT2D eigenvalue weighted by atomic mass is 10.1. The van der Waals surface area contributed by atoms with Crippen LogP contribution in [0.15, 0.2) is 28.7 Å². The minimum absolute atomic E-state index is 0.0339. The van der Waals surface area contributed by atoms with Crippen molar-refractivity contribution >= 4 is 27.5 Å². The maximum Gasteiger partial charge on any atom is 0.236 e. The Hall–Kier alpha value is -1.07. The molecular formula is C15H22BrN3O. The topological polar surface area (TPSA) is 58.4 Å². The molecule has 0 saturated carbocycles. The van der Waals surface area contributed by atoms with Gasteiger partial charge in [0.15, 0.2) is 0 Å². The van der Waals surface area contributed by atoms with E-state index in [1.807, 2.05) is 13.0 Å². The standard InChI is InChI=1S/C15H22BrN3O/c1-2-14(17)15(20)18-9-11-6-7-19(10-11)13-5-3-4-12(16)8-13/h3-5,8,11,14H,2,6-7,9-10,17H2,1H3,(H,18,20)/t11?,14-/m0/s1. The first kappa shape index (κ1) is 15.3. The molecule has 1 aromatic carbocycles. The minimum atomic E-state index is -0.377. The number of halogens is 1. The summed E-state index contributed by atoms with van der Waals surface area (Å²) in [6.45, 7) is 4.67. The van der Waals surface area contributed by atoms with Gasteiger partial charge in [0.2, 0.25) is 5.91 Å². The summed E-state index contributed by atoms with van der Waals surface area (Å²) in [5, 5.41) is 2.96. The van der Waals surface area contributed by atoms with Crippen molar-refractivity contribution in [2.75, 3.05) is 24.5 Å². The van der Waals surface area contributed by atoms with Gasteiger partial charge in [0.1, 0.15) is 0 Å². The SMILES string of the molecule is CC[C@H](N)C(=O)NCC1CCN(c2cccc(Br)c2)C1. The average Bonchev–Trinajstić information content (AvgIpc) is 2.92. The first-order chi connectivity index (χ1) is 9.60. The summed E-state index contributed by atoms with van der Waals surface area (Å²) in [5.74, 6) is 0.468. The normalized spacial score (nSPS) is 19.9. The number of anilines is 1. The third-order valence-electron chi connectivity index (χ3n) is 3.80. The summed E-state index contributed by atoms with van der Waals surface area (Å²) in [4.78, 5) is 14.0. The number of rotatable bonds is 5. The number of hydrogen-bond acceptors (Lipinski definition) is 3. The van der Waals surface area contributed by atoms with E-state index in [9.17, 15) is 4.79 Å². The highest BCUT2D eigenvalue weighted by molar-refractivity contribution is 9.10. The summed E-state index contributed by atoms with van der Waals surface area (Å²) >= 11 is 3.50.